The van der Waals surface area contributed by atoms with Crippen LogP contribution in [0.3, 0.4) is 0 Å². The summed E-state index contributed by atoms with van der Waals surface area (Å²) in [5, 5.41) is 6.42. The van der Waals surface area contributed by atoms with Gasteiger partial charge in [0.25, 0.3) is 11.5 Å². The van der Waals surface area contributed by atoms with Gasteiger partial charge in [0.1, 0.15) is 5.82 Å². The molecule has 0 bridgehead atoms. The monoisotopic (exact) mass is 318 g/mol. The van der Waals surface area contributed by atoms with Crippen molar-refractivity contribution in [3.8, 4) is 11.3 Å². The summed E-state index contributed by atoms with van der Waals surface area (Å²) in [7, 11) is 0. The van der Waals surface area contributed by atoms with E-state index in [1.165, 1.54) is 43.3 Å². The largest absolute Gasteiger partial charge is 0.275 e. The molecule has 0 saturated carbocycles. The van der Waals surface area contributed by atoms with Gasteiger partial charge >= 0.3 is 0 Å². The van der Waals surface area contributed by atoms with Crippen molar-refractivity contribution in [2.45, 2.75) is 19.3 Å². The van der Waals surface area contributed by atoms with Gasteiger partial charge in [-0.05, 0) is 6.07 Å². The smallest absolute Gasteiger partial charge is 0.267 e. The van der Waals surface area contributed by atoms with Gasteiger partial charge in [-0.2, -0.15) is 5.10 Å². The number of nitrogens with one attached hydrogen (secondary N) is 1. The number of hydrogen-bond donors (Lipinski definition) is 1. The van der Waals surface area contributed by atoms with E-state index in [0.717, 1.165) is 0 Å². The van der Waals surface area contributed by atoms with E-state index in [2.05, 4.69) is 10.2 Å². The maximum atomic E-state index is 13.9. The molecule has 3 aromatic rings. The number of rotatable bonds is 3. The first-order chi connectivity index (χ1) is 10.9. The van der Waals surface area contributed by atoms with Gasteiger partial charge in [0.2, 0.25) is 0 Å². The van der Waals surface area contributed by atoms with Crippen LogP contribution in [-0.2, 0) is 5.92 Å². The number of nitrogens with zero attached hydrogens (tertiary/aromatic N) is 1. The normalized spacial score (nSPS) is 11.8. The van der Waals surface area contributed by atoms with Crippen LogP contribution in [-0.4, -0.2) is 10.2 Å². The van der Waals surface area contributed by atoms with Crippen molar-refractivity contribution in [3.05, 3.63) is 64.2 Å². The Labute approximate surface area is 129 Å². The molecule has 0 atom stereocenters. The first kappa shape index (κ1) is 15.3. The van der Waals surface area contributed by atoms with Crippen LogP contribution in [0.4, 0.5) is 13.2 Å². The number of H-pyrrole nitrogens is 1. The summed E-state index contributed by atoms with van der Waals surface area (Å²) >= 11 is 0. The first-order valence-electron chi connectivity index (χ1n) is 7.09. The Morgan fingerprint density at radius 1 is 1.13 bits per heavy atom. The number of fused-ring (bicyclic) bond motifs is 1. The number of aromatic nitrogens is 2. The van der Waals surface area contributed by atoms with Crippen molar-refractivity contribution in [1.82, 2.24) is 10.2 Å². The molecule has 6 heteroatoms. The Morgan fingerprint density at radius 2 is 1.83 bits per heavy atom. The average Bonchev–Trinajstić information content (AvgIpc) is 2.55. The lowest BCUT2D eigenvalue weighted by atomic mass is 10.0. The fourth-order valence-corrected chi connectivity index (χ4v) is 2.47. The van der Waals surface area contributed by atoms with Crippen molar-refractivity contribution in [3.63, 3.8) is 0 Å². The molecule has 0 unspecified atom stereocenters. The third-order valence-electron chi connectivity index (χ3n) is 3.79. The molecular weight excluding hydrogens is 305 g/mol. The molecule has 0 spiro atoms. The summed E-state index contributed by atoms with van der Waals surface area (Å²) in [5.41, 5.74) is 0.137. The van der Waals surface area contributed by atoms with Crippen LogP contribution in [0.15, 0.2) is 47.3 Å². The van der Waals surface area contributed by atoms with Crippen molar-refractivity contribution < 1.29 is 13.2 Å². The minimum atomic E-state index is -2.90. The number of halogens is 3. The second kappa shape index (κ2) is 5.53. The standard InChI is InChI=1S/C17H13F3N2O/c1-2-17(19,20)11-8-6-10(7-9-11)15-12-4-3-5-13(18)14(12)16(23)22-21-15/h3-9H,2H2,1H3,(H,22,23). The highest BCUT2D eigenvalue weighted by Crippen LogP contribution is 2.33. The van der Waals surface area contributed by atoms with Gasteiger partial charge in [0, 0.05) is 22.9 Å². The summed E-state index contributed by atoms with van der Waals surface area (Å²) in [4.78, 5) is 11.8. The predicted octanol–water partition coefficient (Wildman–Crippen LogP) is 4.23. The summed E-state index contributed by atoms with van der Waals surface area (Å²) in [5.74, 6) is -3.55. The zero-order chi connectivity index (χ0) is 16.6. The number of hydrogen-bond acceptors (Lipinski definition) is 2. The zero-order valence-corrected chi connectivity index (χ0v) is 12.2. The van der Waals surface area contributed by atoms with Crippen molar-refractivity contribution in [2.24, 2.45) is 0 Å². The van der Waals surface area contributed by atoms with Gasteiger partial charge in [-0.1, -0.05) is 43.3 Å². The lowest BCUT2D eigenvalue weighted by Gasteiger charge is -2.14. The number of benzene rings is 2. The molecule has 0 aliphatic heterocycles. The van der Waals surface area contributed by atoms with E-state index in [4.69, 9.17) is 0 Å². The SMILES string of the molecule is CCC(F)(F)c1ccc(-c2n[nH]c(=O)c3c(F)cccc23)cc1. The molecule has 0 saturated heterocycles. The van der Waals surface area contributed by atoms with Gasteiger partial charge in [-0.25, -0.2) is 18.3 Å². The van der Waals surface area contributed by atoms with Crippen LogP contribution in [0.2, 0.25) is 0 Å². The van der Waals surface area contributed by atoms with E-state index >= 15 is 0 Å². The molecule has 0 aliphatic rings. The van der Waals surface area contributed by atoms with Gasteiger partial charge in [-0.3, -0.25) is 4.79 Å². The molecule has 0 aliphatic carbocycles. The molecule has 0 fully saturated rings. The Hall–Kier alpha value is -2.63. The predicted molar refractivity (Wildman–Crippen MR) is 81.9 cm³/mol. The Bertz CT molecular complexity index is 917. The fourth-order valence-electron chi connectivity index (χ4n) is 2.47. The van der Waals surface area contributed by atoms with Crippen molar-refractivity contribution in [2.75, 3.05) is 0 Å². The molecule has 3 rings (SSSR count). The van der Waals surface area contributed by atoms with E-state index < -0.39 is 17.3 Å². The number of alkyl halides is 2. The van der Waals surface area contributed by atoms with E-state index in [9.17, 15) is 18.0 Å². The van der Waals surface area contributed by atoms with E-state index in [1.54, 1.807) is 6.07 Å². The third-order valence-corrected chi connectivity index (χ3v) is 3.79. The Kier molecular flexibility index (Phi) is 3.67. The third kappa shape index (κ3) is 2.60. The summed E-state index contributed by atoms with van der Waals surface area (Å²) in [6.07, 6.45) is -0.294. The first-order valence-corrected chi connectivity index (χ1v) is 7.09. The molecule has 23 heavy (non-hydrogen) atoms. The summed E-state index contributed by atoms with van der Waals surface area (Å²) in [6.45, 7) is 1.41. The molecule has 118 valence electrons. The maximum Gasteiger partial charge on any atom is 0.275 e. The van der Waals surface area contributed by atoms with Crippen LogP contribution in [0, 0.1) is 5.82 Å². The fraction of sp³-hybridized carbons (Fsp3) is 0.176. The van der Waals surface area contributed by atoms with Gasteiger partial charge < -0.3 is 0 Å². The van der Waals surface area contributed by atoms with Crippen molar-refractivity contribution in [1.29, 1.82) is 0 Å². The summed E-state index contributed by atoms with van der Waals surface area (Å²) in [6, 6.07) is 9.85. The molecule has 1 heterocycles. The molecule has 3 nitrogen and oxygen atoms in total. The summed E-state index contributed by atoms with van der Waals surface area (Å²) < 4.78 is 41.2. The van der Waals surface area contributed by atoms with Gasteiger partial charge in [-0.15, -0.1) is 0 Å². The van der Waals surface area contributed by atoms with E-state index in [1.807, 2.05) is 0 Å². The zero-order valence-electron chi connectivity index (χ0n) is 12.2. The maximum absolute atomic E-state index is 13.9. The van der Waals surface area contributed by atoms with E-state index in [0.29, 0.717) is 16.6 Å². The molecule has 0 radical (unpaired) electrons. The van der Waals surface area contributed by atoms with Crippen molar-refractivity contribution >= 4 is 10.8 Å². The average molecular weight is 318 g/mol. The highest BCUT2D eigenvalue weighted by atomic mass is 19.3. The lowest BCUT2D eigenvalue weighted by molar-refractivity contribution is -0.00827. The quantitative estimate of drug-likeness (QED) is 0.785. The highest BCUT2D eigenvalue weighted by molar-refractivity contribution is 5.93. The Morgan fingerprint density at radius 3 is 2.48 bits per heavy atom. The molecular formula is C17H13F3N2O. The van der Waals surface area contributed by atoms with Crippen LogP contribution >= 0.6 is 0 Å². The van der Waals surface area contributed by atoms with Crippen LogP contribution in [0.5, 0.6) is 0 Å². The molecule has 1 aromatic heterocycles. The Balaban J connectivity index is 2.17. The topological polar surface area (TPSA) is 45.8 Å². The second-order valence-corrected chi connectivity index (χ2v) is 5.20. The minimum Gasteiger partial charge on any atom is -0.267 e. The highest BCUT2D eigenvalue weighted by Gasteiger charge is 2.28. The van der Waals surface area contributed by atoms with E-state index in [-0.39, 0.29) is 17.4 Å². The molecule has 1 N–H and O–H groups in total. The molecule has 2 aromatic carbocycles. The van der Waals surface area contributed by atoms with Crippen LogP contribution in [0.25, 0.3) is 22.0 Å². The van der Waals surface area contributed by atoms with Crippen LogP contribution in [0.1, 0.15) is 18.9 Å². The number of aromatic amines is 1. The minimum absolute atomic E-state index is 0.0938. The van der Waals surface area contributed by atoms with Crippen LogP contribution < -0.4 is 5.56 Å². The van der Waals surface area contributed by atoms with Gasteiger partial charge in [0.05, 0.1) is 11.1 Å². The lowest BCUT2D eigenvalue weighted by Crippen LogP contribution is -2.12. The van der Waals surface area contributed by atoms with Gasteiger partial charge in [0.15, 0.2) is 0 Å². The second-order valence-electron chi connectivity index (χ2n) is 5.20. The molecule has 0 amide bonds.